The summed E-state index contributed by atoms with van der Waals surface area (Å²) in [4.78, 5) is 49.8. The van der Waals surface area contributed by atoms with E-state index in [2.05, 4.69) is 20.1 Å². The Morgan fingerprint density at radius 2 is 1.72 bits per heavy atom. The molecule has 3 aromatic carbocycles. The fourth-order valence-electron chi connectivity index (χ4n) is 8.42. The van der Waals surface area contributed by atoms with E-state index >= 15 is 4.79 Å². The first-order chi connectivity index (χ1) is 22.8. The summed E-state index contributed by atoms with van der Waals surface area (Å²) in [6, 6.07) is 22.2. The van der Waals surface area contributed by atoms with Gasteiger partial charge in [-0.15, -0.1) is 24.9 Å². The summed E-state index contributed by atoms with van der Waals surface area (Å²) in [7, 11) is 0. The molecule has 47 heavy (non-hydrogen) atoms. The van der Waals surface area contributed by atoms with E-state index < -0.39 is 28.7 Å². The van der Waals surface area contributed by atoms with Gasteiger partial charge in [-0.25, -0.2) is 0 Å². The summed E-state index contributed by atoms with van der Waals surface area (Å²) in [5, 5.41) is 12.9. The van der Waals surface area contributed by atoms with E-state index in [4.69, 9.17) is 0 Å². The Morgan fingerprint density at radius 1 is 1.02 bits per heavy atom. The van der Waals surface area contributed by atoms with Gasteiger partial charge in [-0.1, -0.05) is 86.7 Å². The van der Waals surface area contributed by atoms with Crippen LogP contribution in [0.3, 0.4) is 0 Å². The Hall–Kier alpha value is -3.88. The number of aliphatic hydroxyl groups is 1. The molecule has 6 rings (SSSR count). The number of aliphatic hydroxyl groups excluding tert-OH is 1. The van der Waals surface area contributed by atoms with E-state index in [0.717, 1.165) is 34.9 Å². The van der Waals surface area contributed by atoms with E-state index in [0.29, 0.717) is 19.5 Å². The number of thioether (sulfide) groups is 1. The summed E-state index contributed by atoms with van der Waals surface area (Å²) in [6.45, 7) is 13.0. The number of benzene rings is 3. The standard InChI is InChI=1S/C39H45N3O4S/c1-5-19-40(20-6-2)36(44)33-32-22-26(4)39(47-32)34(33)37(45)42(31(25-43)23-27-13-9-8-10-14-27)35(39)38(46)41(21-7-3)30-18-17-28-15-11-12-16-29(28)24-30/h5,7-18,24,26,31-35,43H,1,3,6,19-23,25H2,2,4H3/t26?,31-,32-,33+,34+,35?,39?/m1/s1. The van der Waals surface area contributed by atoms with Crippen molar-refractivity contribution in [2.45, 2.75) is 55.2 Å². The van der Waals surface area contributed by atoms with E-state index in [-0.39, 0.29) is 42.0 Å². The normalized spacial score (nSPS) is 26.7. The van der Waals surface area contributed by atoms with Gasteiger partial charge < -0.3 is 19.8 Å². The second-order valence-electron chi connectivity index (χ2n) is 13.2. The van der Waals surface area contributed by atoms with Crippen LogP contribution in [0, 0.1) is 17.8 Å². The minimum atomic E-state index is -0.867. The van der Waals surface area contributed by atoms with Crippen molar-refractivity contribution in [1.29, 1.82) is 0 Å². The minimum absolute atomic E-state index is 0.00623. The van der Waals surface area contributed by atoms with Crippen LogP contribution in [-0.2, 0) is 20.8 Å². The van der Waals surface area contributed by atoms with E-state index in [1.165, 1.54) is 0 Å². The molecule has 1 spiro atoms. The molecule has 8 heteroatoms. The number of hydrogen-bond acceptors (Lipinski definition) is 5. The molecule has 3 fully saturated rings. The summed E-state index contributed by atoms with van der Waals surface area (Å²) < 4.78 is -0.814. The van der Waals surface area contributed by atoms with Crippen molar-refractivity contribution in [3.63, 3.8) is 0 Å². The van der Waals surface area contributed by atoms with Gasteiger partial charge in [-0.05, 0) is 53.6 Å². The zero-order chi connectivity index (χ0) is 33.3. The highest BCUT2D eigenvalue weighted by Gasteiger charge is 2.77. The van der Waals surface area contributed by atoms with Crippen LogP contribution in [0.1, 0.15) is 32.3 Å². The van der Waals surface area contributed by atoms with Gasteiger partial charge >= 0.3 is 0 Å². The molecule has 0 saturated carbocycles. The van der Waals surface area contributed by atoms with Crippen LogP contribution in [0.5, 0.6) is 0 Å². The van der Waals surface area contributed by atoms with Crippen molar-refractivity contribution in [3.8, 4) is 0 Å². The molecule has 3 amide bonds. The van der Waals surface area contributed by atoms with Crippen molar-refractivity contribution in [1.82, 2.24) is 9.80 Å². The maximum Gasteiger partial charge on any atom is 0.251 e. The highest BCUT2D eigenvalue weighted by molar-refractivity contribution is 8.02. The molecule has 7 atom stereocenters. The number of amides is 3. The molecule has 0 radical (unpaired) electrons. The Labute approximate surface area is 282 Å². The number of hydrogen-bond donors (Lipinski definition) is 1. The molecule has 3 aliphatic rings. The average molecular weight is 652 g/mol. The van der Waals surface area contributed by atoms with Crippen LogP contribution in [0.2, 0.25) is 0 Å². The average Bonchev–Trinajstić information content (AvgIpc) is 3.69. The van der Waals surface area contributed by atoms with Gasteiger partial charge in [0.25, 0.3) is 5.91 Å². The lowest BCUT2D eigenvalue weighted by molar-refractivity contribution is -0.145. The maximum absolute atomic E-state index is 15.3. The van der Waals surface area contributed by atoms with Gasteiger partial charge in [0.15, 0.2) is 0 Å². The number of rotatable bonds is 13. The van der Waals surface area contributed by atoms with Crippen LogP contribution in [0.15, 0.2) is 98.1 Å². The molecular weight excluding hydrogens is 607 g/mol. The third-order valence-electron chi connectivity index (χ3n) is 10.4. The lowest BCUT2D eigenvalue weighted by atomic mass is 9.65. The largest absolute Gasteiger partial charge is 0.394 e. The molecule has 7 nitrogen and oxygen atoms in total. The van der Waals surface area contributed by atoms with Gasteiger partial charge in [-0.2, -0.15) is 0 Å². The smallest absolute Gasteiger partial charge is 0.251 e. The van der Waals surface area contributed by atoms with Gasteiger partial charge in [0.05, 0.1) is 29.2 Å². The Kier molecular flexibility index (Phi) is 9.62. The number of anilines is 1. The molecule has 3 aliphatic heterocycles. The molecule has 1 N–H and O–H groups in total. The Balaban J connectivity index is 1.48. The van der Waals surface area contributed by atoms with Crippen LogP contribution < -0.4 is 4.90 Å². The van der Waals surface area contributed by atoms with Crippen LogP contribution in [-0.4, -0.2) is 80.9 Å². The monoisotopic (exact) mass is 651 g/mol. The third kappa shape index (κ3) is 5.59. The molecule has 3 saturated heterocycles. The fraction of sp³-hybridized carbons (Fsp3) is 0.410. The van der Waals surface area contributed by atoms with Crippen molar-refractivity contribution >= 4 is 45.9 Å². The first kappa shape index (κ1) is 33.0. The molecule has 3 aromatic rings. The lowest BCUT2D eigenvalue weighted by Gasteiger charge is -2.42. The summed E-state index contributed by atoms with van der Waals surface area (Å²) >= 11 is 1.67. The minimum Gasteiger partial charge on any atom is -0.394 e. The van der Waals surface area contributed by atoms with Gasteiger partial charge in [0.2, 0.25) is 11.8 Å². The third-order valence-corrected chi connectivity index (χ3v) is 12.5. The molecule has 2 bridgehead atoms. The molecule has 0 aromatic heterocycles. The quantitative estimate of drug-likeness (QED) is 0.239. The summed E-state index contributed by atoms with van der Waals surface area (Å²) in [5.41, 5.74) is 1.69. The number of nitrogens with zero attached hydrogens (tertiary/aromatic N) is 3. The number of carbonyl (C=O) groups excluding carboxylic acids is 3. The Bertz CT molecular complexity index is 1660. The van der Waals surface area contributed by atoms with Crippen molar-refractivity contribution in [2.75, 3.05) is 31.1 Å². The van der Waals surface area contributed by atoms with Gasteiger partial charge in [0, 0.05) is 30.6 Å². The predicted molar refractivity (Wildman–Crippen MR) is 190 cm³/mol. The summed E-state index contributed by atoms with van der Waals surface area (Å²) in [5.74, 6) is -1.64. The number of likely N-dealkylation sites (tertiary alicyclic amines) is 1. The van der Waals surface area contributed by atoms with Crippen molar-refractivity contribution < 1.29 is 19.5 Å². The van der Waals surface area contributed by atoms with Crippen LogP contribution in [0.25, 0.3) is 10.8 Å². The van der Waals surface area contributed by atoms with E-state index in [1.807, 2.05) is 84.6 Å². The van der Waals surface area contributed by atoms with E-state index in [9.17, 15) is 14.7 Å². The molecule has 3 heterocycles. The lowest BCUT2D eigenvalue weighted by Crippen LogP contribution is -2.59. The Morgan fingerprint density at radius 3 is 2.40 bits per heavy atom. The van der Waals surface area contributed by atoms with Crippen molar-refractivity contribution in [3.05, 3.63) is 104 Å². The van der Waals surface area contributed by atoms with E-state index in [1.54, 1.807) is 33.7 Å². The van der Waals surface area contributed by atoms with Crippen molar-refractivity contribution in [2.24, 2.45) is 17.8 Å². The summed E-state index contributed by atoms with van der Waals surface area (Å²) in [6.07, 6.45) is 5.38. The topological polar surface area (TPSA) is 81.2 Å². The fourth-order valence-corrected chi connectivity index (χ4v) is 10.8. The first-order valence-corrected chi connectivity index (χ1v) is 17.6. The highest BCUT2D eigenvalue weighted by atomic mass is 32.2. The number of fused-ring (bicyclic) bond motifs is 2. The highest BCUT2D eigenvalue weighted by Crippen LogP contribution is 2.69. The maximum atomic E-state index is 15.3. The second-order valence-corrected chi connectivity index (χ2v) is 14.7. The van der Waals surface area contributed by atoms with Crippen LogP contribution >= 0.6 is 11.8 Å². The zero-order valence-corrected chi connectivity index (χ0v) is 28.1. The predicted octanol–water partition coefficient (Wildman–Crippen LogP) is 5.72. The molecule has 246 valence electrons. The molecule has 0 aliphatic carbocycles. The zero-order valence-electron chi connectivity index (χ0n) is 27.3. The number of carbonyl (C=O) groups is 3. The van der Waals surface area contributed by atoms with Gasteiger partial charge in [0.1, 0.15) is 6.04 Å². The first-order valence-electron chi connectivity index (χ1n) is 16.8. The molecule has 3 unspecified atom stereocenters. The van der Waals surface area contributed by atoms with Gasteiger partial charge in [-0.3, -0.25) is 14.4 Å². The second kappa shape index (κ2) is 13.7. The molecular formula is C39H45N3O4S. The van der Waals surface area contributed by atoms with Crippen LogP contribution in [0.4, 0.5) is 5.69 Å². The SMILES string of the molecule is C=CCN(CCC)C(=O)[C@@H]1[C@H]2C(=O)N([C@@H](CO)Cc3ccccc3)C(C(=O)N(CC=C)c3ccc4ccccc4c3)C23S[C@@H]1CC3C.